The third kappa shape index (κ3) is 6.26. The number of fused-ring (bicyclic) bond motifs is 2. The van der Waals surface area contributed by atoms with Crippen molar-refractivity contribution in [2.45, 2.75) is 63.7 Å². The Balaban J connectivity index is 1.33. The minimum absolute atomic E-state index is 0.0644. The van der Waals surface area contributed by atoms with Gasteiger partial charge >= 0.3 is 0 Å². The molecule has 2 unspecified atom stereocenters. The standard InChI is InChI=1S/C28H37IN2O5/c1-18-20(6-10-25(28(18)29)36-12-11-33-2)17-31-22-7-8-23(31)16-21(15-22)30-27(32)14-19-5-9-24(34-3)26(13-19)35-4/h5-6,9-10,13,21-23H,7-8,11-12,14-17H2,1-4H3,(H,30,32). The molecule has 0 spiro atoms. The van der Waals surface area contributed by atoms with Gasteiger partial charge in [0.1, 0.15) is 12.4 Å². The van der Waals surface area contributed by atoms with E-state index in [-0.39, 0.29) is 11.9 Å². The highest BCUT2D eigenvalue weighted by Gasteiger charge is 2.41. The number of hydrogen-bond donors (Lipinski definition) is 1. The van der Waals surface area contributed by atoms with Gasteiger partial charge in [-0.1, -0.05) is 12.1 Å². The maximum Gasteiger partial charge on any atom is 0.224 e. The number of hydrogen-bond acceptors (Lipinski definition) is 6. The van der Waals surface area contributed by atoms with Crippen molar-refractivity contribution in [2.24, 2.45) is 0 Å². The van der Waals surface area contributed by atoms with Crippen LogP contribution in [0.1, 0.15) is 42.4 Å². The number of piperidine rings is 1. The summed E-state index contributed by atoms with van der Waals surface area (Å²) in [4.78, 5) is 15.5. The highest BCUT2D eigenvalue weighted by atomic mass is 127. The van der Waals surface area contributed by atoms with Gasteiger partial charge in [-0.3, -0.25) is 9.69 Å². The average molecular weight is 609 g/mol. The predicted molar refractivity (Wildman–Crippen MR) is 148 cm³/mol. The van der Waals surface area contributed by atoms with E-state index in [1.807, 2.05) is 18.2 Å². The molecule has 0 aliphatic carbocycles. The lowest BCUT2D eigenvalue weighted by atomic mass is 9.95. The molecule has 7 nitrogen and oxygen atoms in total. The van der Waals surface area contributed by atoms with Gasteiger partial charge in [-0.15, -0.1) is 0 Å². The molecular weight excluding hydrogens is 571 g/mol. The van der Waals surface area contributed by atoms with E-state index in [9.17, 15) is 4.79 Å². The van der Waals surface area contributed by atoms with Gasteiger partial charge in [-0.05, 0) is 90.1 Å². The second-order valence-corrected chi connectivity index (χ2v) is 10.7. The number of benzene rings is 2. The molecule has 2 fully saturated rings. The maximum absolute atomic E-state index is 12.8. The first-order valence-corrected chi connectivity index (χ1v) is 13.7. The van der Waals surface area contributed by atoms with Gasteiger partial charge in [0.15, 0.2) is 11.5 Å². The van der Waals surface area contributed by atoms with Crippen LogP contribution < -0.4 is 19.5 Å². The summed E-state index contributed by atoms with van der Waals surface area (Å²) >= 11 is 2.39. The Hall–Kier alpha value is -2.04. The van der Waals surface area contributed by atoms with Gasteiger partial charge < -0.3 is 24.3 Å². The summed E-state index contributed by atoms with van der Waals surface area (Å²) in [6.45, 7) is 4.27. The fourth-order valence-corrected chi connectivity index (χ4v) is 6.20. The van der Waals surface area contributed by atoms with E-state index >= 15 is 0 Å². The molecule has 0 aromatic heterocycles. The summed E-state index contributed by atoms with van der Waals surface area (Å²) in [5.41, 5.74) is 3.56. The molecular formula is C28H37IN2O5. The maximum atomic E-state index is 12.8. The Morgan fingerprint density at radius 1 is 1.00 bits per heavy atom. The minimum atomic E-state index is 0.0644. The highest BCUT2D eigenvalue weighted by molar-refractivity contribution is 14.1. The minimum Gasteiger partial charge on any atom is -0.493 e. The summed E-state index contributed by atoms with van der Waals surface area (Å²) in [6, 6.07) is 11.2. The van der Waals surface area contributed by atoms with Gasteiger partial charge in [-0.2, -0.15) is 0 Å². The molecule has 1 amide bonds. The van der Waals surface area contributed by atoms with Crippen molar-refractivity contribution in [2.75, 3.05) is 34.5 Å². The van der Waals surface area contributed by atoms with Crippen molar-refractivity contribution in [1.82, 2.24) is 10.2 Å². The molecule has 2 aromatic carbocycles. The molecule has 36 heavy (non-hydrogen) atoms. The molecule has 196 valence electrons. The number of methoxy groups -OCH3 is 3. The summed E-state index contributed by atoms with van der Waals surface area (Å²) in [5.74, 6) is 2.31. The monoisotopic (exact) mass is 608 g/mol. The number of carbonyl (C=O) groups excluding carboxylic acids is 1. The lowest BCUT2D eigenvalue weighted by Gasteiger charge is -2.39. The van der Waals surface area contributed by atoms with E-state index in [4.69, 9.17) is 18.9 Å². The van der Waals surface area contributed by atoms with Crippen LogP contribution in [0.2, 0.25) is 0 Å². The fourth-order valence-electron chi connectivity index (χ4n) is 5.52. The average Bonchev–Trinajstić information content (AvgIpc) is 3.10. The zero-order chi connectivity index (χ0) is 25.7. The van der Waals surface area contributed by atoms with Crippen molar-refractivity contribution in [3.05, 3.63) is 50.6 Å². The quantitative estimate of drug-likeness (QED) is 0.300. The summed E-state index contributed by atoms with van der Waals surface area (Å²) in [5, 5.41) is 3.31. The topological polar surface area (TPSA) is 69.3 Å². The molecule has 8 heteroatoms. The van der Waals surface area contributed by atoms with Crippen LogP contribution in [0.3, 0.4) is 0 Å². The number of amides is 1. The molecule has 0 saturated carbocycles. The third-order valence-electron chi connectivity index (χ3n) is 7.42. The molecule has 0 radical (unpaired) electrons. The van der Waals surface area contributed by atoms with E-state index in [1.54, 1.807) is 21.3 Å². The van der Waals surface area contributed by atoms with E-state index in [0.29, 0.717) is 43.2 Å². The highest BCUT2D eigenvalue weighted by Crippen LogP contribution is 2.38. The molecule has 2 aromatic rings. The van der Waals surface area contributed by atoms with Gasteiger partial charge in [0.05, 0.1) is 30.8 Å². The van der Waals surface area contributed by atoms with Crippen molar-refractivity contribution in [3.8, 4) is 17.2 Å². The van der Waals surface area contributed by atoms with Gasteiger partial charge in [0, 0.05) is 31.8 Å². The van der Waals surface area contributed by atoms with E-state index < -0.39 is 0 Å². The zero-order valence-corrected chi connectivity index (χ0v) is 23.8. The van der Waals surface area contributed by atoms with Gasteiger partial charge in [0.25, 0.3) is 0 Å². The predicted octanol–water partition coefficient (Wildman–Crippen LogP) is 4.50. The molecule has 1 N–H and O–H groups in total. The Labute approximate surface area is 228 Å². The smallest absolute Gasteiger partial charge is 0.224 e. The number of rotatable bonds is 11. The normalized spacial score (nSPS) is 21.3. The Morgan fingerprint density at radius 3 is 2.36 bits per heavy atom. The molecule has 2 heterocycles. The number of halogens is 1. The number of ether oxygens (including phenoxy) is 4. The number of nitrogens with zero attached hydrogens (tertiary/aromatic N) is 1. The molecule has 2 aliphatic heterocycles. The summed E-state index contributed by atoms with van der Waals surface area (Å²) in [7, 11) is 4.91. The second kappa shape index (κ2) is 12.5. The first-order valence-electron chi connectivity index (χ1n) is 12.6. The van der Waals surface area contributed by atoms with Crippen LogP contribution in [-0.4, -0.2) is 63.5 Å². The van der Waals surface area contributed by atoms with Gasteiger partial charge in [0.2, 0.25) is 5.91 Å². The van der Waals surface area contributed by atoms with Crippen LogP contribution >= 0.6 is 22.6 Å². The van der Waals surface area contributed by atoms with Gasteiger partial charge in [-0.25, -0.2) is 0 Å². The Morgan fingerprint density at radius 2 is 1.69 bits per heavy atom. The van der Waals surface area contributed by atoms with Crippen molar-refractivity contribution in [3.63, 3.8) is 0 Å². The van der Waals surface area contributed by atoms with Crippen LogP contribution in [0.15, 0.2) is 30.3 Å². The van der Waals surface area contributed by atoms with Crippen LogP contribution in [-0.2, 0) is 22.5 Å². The van der Waals surface area contributed by atoms with Crippen LogP contribution in [0.4, 0.5) is 0 Å². The summed E-state index contributed by atoms with van der Waals surface area (Å²) < 4.78 is 22.8. The molecule has 2 aliphatic rings. The second-order valence-electron chi connectivity index (χ2n) is 9.66. The Bertz CT molecular complexity index is 1050. The number of carbonyl (C=O) groups is 1. The SMILES string of the molecule is COCCOc1ccc(CN2C3CCC2CC(NC(=O)Cc2ccc(OC)c(OC)c2)C3)c(C)c1I. The van der Waals surface area contributed by atoms with Crippen molar-refractivity contribution in [1.29, 1.82) is 0 Å². The van der Waals surface area contributed by atoms with Crippen LogP contribution in [0.5, 0.6) is 17.2 Å². The largest absolute Gasteiger partial charge is 0.493 e. The fraction of sp³-hybridized carbons (Fsp3) is 0.536. The molecule has 2 atom stereocenters. The molecule has 4 rings (SSSR count). The first-order chi connectivity index (χ1) is 17.4. The summed E-state index contributed by atoms with van der Waals surface area (Å²) in [6.07, 6.45) is 4.74. The first kappa shape index (κ1) is 27.0. The van der Waals surface area contributed by atoms with Crippen molar-refractivity contribution >= 4 is 28.5 Å². The van der Waals surface area contributed by atoms with Crippen molar-refractivity contribution < 1.29 is 23.7 Å². The third-order valence-corrected chi connectivity index (χ3v) is 8.76. The van der Waals surface area contributed by atoms with Crippen LogP contribution in [0, 0.1) is 10.5 Å². The zero-order valence-electron chi connectivity index (χ0n) is 21.6. The van der Waals surface area contributed by atoms with E-state index in [1.165, 1.54) is 27.5 Å². The Kier molecular flexibility index (Phi) is 9.35. The van der Waals surface area contributed by atoms with E-state index in [0.717, 1.165) is 30.7 Å². The lowest BCUT2D eigenvalue weighted by Crippen LogP contribution is -2.50. The molecule has 2 saturated heterocycles. The van der Waals surface area contributed by atoms with Crippen LogP contribution in [0.25, 0.3) is 0 Å². The van der Waals surface area contributed by atoms with E-state index in [2.05, 4.69) is 51.9 Å². The number of nitrogens with one attached hydrogen (secondary N) is 1. The lowest BCUT2D eigenvalue weighted by molar-refractivity contribution is -0.121. The molecule has 2 bridgehead atoms.